The molecule has 2 unspecified atom stereocenters. The predicted molar refractivity (Wildman–Crippen MR) is 74.1 cm³/mol. The summed E-state index contributed by atoms with van der Waals surface area (Å²) < 4.78 is 0. The molecule has 1 fully saturated rings. The highest BCUT2D eigenvalue weighted by molar-refractivity contribution is 5.31. The fourth-order valence-corrected chi connectivity index (χ4v) is 3.31. The van der Waals surface area contributed by atoms with Crippen LogP contribution in [-0.2, 0) is 6.42 Å². The zero-order chi connectivity index (χ0) is 12.5. The third-order valence-corrected chi connectivity index (χ3v) is 4.45. The lowest BCUT2D eigenvalue weighted by atomic mass is 9.78. The summed E-state index contributed by atoms with van der Waals surface area (Å²) in [7, 11) is 0. The van der Waals surface area contributed by atoms with Gasteiger partial charge in [0.2, 0.25) is 0 Å². The van der Waals surface area contributed by atoms with E-state index in [9.17, 15) is 0 Å². The second kappa shape index (κ2) is 4.81. The first-order chi connectivity index (χ1) is 8.04. The van der Waals surface area contributed by atoms with Crippen LogP contribution in [0.1, 0.15) is 42.9 Å². The average molecular weight is 231 g/mol. The van der Waals surface area contributed by atoms with Crippen LogP contribution in [0.5, 0.6) is 0 Å². The summed E-state index contributed by atoms with van der Waals surface area (Å²) in [5, 5.41) is 0. The van der Waals surface area contributed by atoms with Crippen molar-refractivity contribution in [3.8, 4) is 0 Å². The maximum atomic E-state index is 6.07. The molecule has 1 aliphatic carbocycles. The van der Waals surface area contributed by atoms with Gasteiger partial charge in [-0.1, -0.05) is 37.1 Å². The van der Waals surface area contributed by atoms with Crippen LogP contribution in [0.25, 0.3) is 0 Å². The molecule has 1 heteroatoms. The molecule has 1 aromatic carbocycles. The van der Waals surface area contributed by atoms with E-state index in [-0.39, 0.29) is 0 Å². The molecule has 1 aromatic rings. The van der Waals surface area contributed by atoms with Crippen LogP contribution in [0.2, 0.25) is 0 Å². The lowest BCUT2D eigenvalue weighted by Crippen LogP contribution is -2.30. The molecule has 1 nitrogen and oxygen atoms in total. The summed E-state index contributed by atoms with van der Waals surface area (Å²) in [6, 6.07) is 6.79. The van der Waals surface area contributed by atoms with Crippen molar-refractivity contribution >= 4 is 0 Å². The molecule has 0 heterocycles. The number of benzene rings is 1. The van der Waals surface area contributed by atoms with E-state index in [1.165, 1.54) is 42.4 Å². The molecule has 17 heavy (non-hydrogen) atoms. The quantitative estimate of drug-likeness (QED) is 0.845. The summed E-state index contributed by atoms with van der Waals surface area (Å²) in [4.78, 5) is 0. The van der Waals surface area contributed by atoms with Crippen LogP contribution in [-0.4, -0.2) is 6.54 Å². The van der Waals surface area contributed by atoms with Crippen molar-refractivity contribution in [1.29, 1.82) is 0 Å². The molecule has 0 saturated heterocycles. The Morgan fingerprint density at radius 1 is 1.35 bits per heavy atom. The van der Waals surface area contributed by atoms with E-state index in [4.69, 9.17) is 5.73 Å². The normalized spacial score (nSPS) is 28.6. The van der Waals surface area contributed by atoms with Crippen LogP contribution in [0.15, 0.2) is 18.2 Å². The van der Waals surface area contributed by atoms with Gasteiger partial charge in [-0.15, -0.1) is 0 Å². The molecule has 94 valence electrons. The van der Waals surface area contributed by atoms with Gasteiger partial charge < -0.3 is 5.73 Å². The molecule has 2 rings (SSSR count). The molecule has 0 radical (unpaired) electrons. The molecule has 2 N–H and O–H groups in total. The molecule has 0 bridgehead atoms. The minimum absolute atomic E-state index is 0.373. The van der Waals surface area contributed by atoms with Crippen molar-refractivity contribution in [2.45, 2.75) is 46.5 Å². The van der Waals surface area contributed by atoms with Crippen molar-refractivity contribution in [3.63, 3.8) is 0 Å². The van der Waals surface area contributed by atoms with Gasteiger partial charge in [0.05, 0.1) is 0 Å². The summed E-state index contributed by atoms with van der Waals surface area (Å²) in [5.41, 5.74) is 10.7. The Morgan fingerprint density at radius 3 is 2.71 bits per heavy atom. The van der Waals surface area contributed by atoms with Crippen LogP contribution in [0.3, 0.4) is 0 Å². The molecule has 0 aliphatic heterocycles. The Hall–Kier alpha value is -0.820. The molecule has 0 aromatic heterocycles. The third kappa shape index (κ3) is 2.71. The Balaban J connectivity index is 2.21. The highest BCUT2D eigenvalue weighted by Crippen LogP contribution is 2.43. The maximum absolute atomic E-state index is 6.07. The Labute approximate surface area is 105 Å². The maximum Gasteiger partial charge on any atom is -0.00172 e. The number of rotatable bonds is 3. The first kappa shape index (κ1) is 12.6. The lowest BCUT2D eigenvalue weighted by molar-refractivity contribution is 0.295. The Kier molecular flexibility index (Phi) is 3.58. The summed E-state index contributed by atoms with van der Waals surface area (Å²) in [5.74, 6) is 0.851. The van der Waals surface area contributed by atoms with Gasteiger partial charge in [-0.3, -0.25) is 0 Å². The number of hydrogen-bond donors (Lipinski definition) is 1. The fourth-order valence-electron chi connectivity index (χ4n) is 3.31. The van der Waals surface area contributed by atoms with Gasteiger partial charge in [0.25, 0.3) is 0 Å². The second-order valence-corrected chi connectivity index (χ2v) is 6.16. The molecule has 0 spiro atoms. The summed E-state index contributed by atoms with van der Waals surface area (Å²) >= 11 is 0. The van der Waals surface area contributed by atoms with Gasteiger partial charge in [0, 0.05) is 0 Å². The van der Waals surface area contributed by atoms with E-state index >= 15 is 0 Å². The number of aryl methyl sites for hydroxylation is 2. The average Bonchev–Trinajstić information content (AvgIpc) is 2.66. The van der Waals surface area contributed by atoms with Crippen molar-refractivity contribution in [2.75, 3.05) is 6.54 Å². The first-order valence-electron chi connectivity index (χ1n) is 6.81. The molecule has 2 atom stereocenters. The largest absolute Gasteiger partial charge is 0.330 e. The minimum Gasteiger partial charge on any atom is -0.330 e. The van der Waals surface area contributed by atoms with Gasteiger partial charge >= 0.3 is 0 Å². The van der Waals surface area contributed by atoms with Gasteiger partial charge in [0.15, 0.2) is 0 Å². The van der Waals surface area contributed by atoms with Crippen molar-refractivity contribution in [2.24, 2.45) is 17.1 Å². The van der Waals surface area contributed by atoms with Crippen LogP contribution >= 0.6 is 0 Å². The second-order valence-electron chi connectivity index (χ2n) is 6.16. The predicted octanol–water partition coefficient (Wildman–Crippen LogP) is 3.61. The van der Waals surface area contributed by atoms with Gasteiger partial charge in [0.1, 0.15) is 0 Å². The Morgan fingerprint density at radius 2 is 2.12 bits per heavy atom. The van der Waals surface area contributed by atoms with Crippen LogP contribution < -0.4 is 5.73 Å². The van der Waals surface area contributed by atoms with Crippen LogP contribution in [0.4, 0.5) is 0 Å². The standard InChI is InChI=1S/C16H25N/c1-12-4-5-14(3)15(8-12)10-16(11-17)7-6-13(2)9-16/h4-5,8,13H,6-7,9-11,17H2,1-3H3. The Bertz CT molecular complexity index is 397. The van der Waals surface area contributed by atoms with Crippen molar-refractivity contribution in [1.82, 2.24) is 0 Å². The fraction of sp³-hybridized carbons (Fsp3) is 0.625. The minimum atomic E-state index is 0.373. The summed E-state index contributed by atoms with van der Waals surface area (Å²) in [6.45, 7) is 7.60. The van der Waals surface area contributed by atoms with E-state index in [0.717, 1.165) is 12.5 Å². The zero-order valence-corrected chi connectivity index (χ0v) is 11.4. The van der Waals surface area contributed by atoms with Gasteiger partial charge in [-0.25, -0.2) is 0 Å². The molecule has 1 aliphatic rings. The molecule has 1 saturated carbocycles. The smallest absolute Gasteiger partial charge is 0.00172 e. The SMILES string of the molecule is Cc1ccc(C)c(CC2(CN)CCC(C)C2)c1. The van der Waals surface area contributed by atoms with Gasteiger partial charge in [-0.2, -0.15) is 0 Å². The van der Waals surface area contributed by atoms with E-state index in [1.54, 1.807) is 0 Å². The highest BCUT2D eigenvalue weighted by atomic mass is 14.6. The third-order valence-electron chi connectivity index (χ3n) is 4.45. The van der Waals surface area contributed by atoms with E-state index in [2.05, 4.69) is 39.0 Å². The highest BCUT2D eigenvalue weighted by Gasteiger charge is 2.36. The topological polar surface area (TPSA) is 26.0 Å². The van der Waals surface area contributed by atoms with Crippen molar-refractivity contribution in [3.05, 3.63) is 34.9 Å². The molecular formula is C16H25N. The number of hydrogen-bond acceptors (Lipinski definition) is 1. The first-order valence-corrected chi connectivity index (χ1v) is 6.81. The monoisotopic (exact) mass is 231 g/mol. The van der Waals surface area contributed by atoms with Crippen molar-refractivity contribution < 1.29 is 0 Å². The van der Waals surface area contributed by atoms with E-state index < -0.39 is 0 Å². The molecule has 0 amide bonds. The van der Waals surface area contributed by atoms with Crippen LogP contribution in [0, 0.1) is 25.2 Å². The van der Waals surface area contributed by atoms with Gasteiger partial charge in [-0.05, 0) is 62.1 Å². The lowest BCUT2D eigenvalue weighted by Gasteiger charge is -2.28. The van der Waals surface area contributed by atoms with E-state index in [0.29, 0.717) is 5.41 Å². The zero-order valence-electron chi connectivity index (χ0n) is 11.4. The summed E-state index contributed by atoms with van der Waals surface area (Å²) in [6.07, 6.45) is 5.12. The number of nitrogens with two attached hydrogens (primary N) is 1. The molecular weight excluding hydrogens is 206 g/mol. The van der Waals surface area contributed by atoms with E-state index in [1.807, 2.05) is 0 Å².